The molecule has 10 heavy (non-hydrogen) atoms. The van der Waals surface area contributed by atoms with E-state index in [0.717, 1.165) is 5.92 Å². The first-order valence-electron chi connectivity index (χ1n) is 4.58. The first kappa shape index (κ1) is 6.66. The summed E-state index contributed by atoms with van der Waals surface area (Å²) in [5.41, 5.74) is 0.597. The van der Waals surface area contributed by atoms with Crippen LogP contribution in [0.25, 0.3) is 0 Å². The van der Waals surface area contributed by atoms with E-state index in [1.807, 2.05) is 0 Å². The van der Waals surface area contributed by atoms with Crippen LogP contribution in [0.2, 0.25) is 0 Å². The highest BCUT2D eigenvalue weighted by molar-refractivity contribution is 5.00. The summed E-state index contributed by atoms with van der Waals surface area (Å²) in [5.74, 6) is 0.940. The summed E-state index contributed by atoms with van der Waals surface area (Å²) in [6, 6.07) is 0. The highest BCUT2D eigenvalue weighted by Crippen LogP contribution is 2.40. The van der Waals surface area contributed by atoms with Crippen LogP contribution >= 0.6 is 0 Å². The molecule has 1 spiro atoms. The molecule has 2 rings (SSSR count). The van der Waals surface area contributed by atoms with Gasteiger partial charge in [-0.3, -0.25) is 0 Å². The fourth-order valence-corrected chi connectivity index (χ4v) is 2.71. The molecule has 1 aliphatic heterocycles. The first-order valence-corrected chi connectivity index (χ1v) is 4.58. The van der Waals surface area contributed by atoms with E-state index in [0.29, 0.717) is 5.54 Å². The molecular weight excluding hydrogens is 122 g/mol. The normalized spacial score (nSPS) is 47.1. The molecule has 1 N–H and O–H groups in total. The van der Waals surface area contributed by atoms with Gasteiger partial charge < -0.3 is 5.32 Å². The van der Waals surface area contributed by atoms with E-state index in [2.05, 4.69) is 12.2 Å². The maximum atomic E-state index is 3.68. The monoisotopic (exact) mass is 139 g/mol. The Bertz CT molecular complexity index is 119. The maximum absolute atomic E-state index is 3.68. The van der Waals surface area contributed by atoms with Gasteiger partial charge in [-0.25, -0.2) is 0 Å². The van der Waals surface area contributed by atoms with E-state index in [4.69, 9.17) is 0 Å². The molecule has 1 heterocycles. The lowest BCUT2D eigenvalue weighted by molar-refractivity contribution is 0.299. The summed E-state index contributed by atoms with van der Waals surface area (Å²) < 4.78 is 0. The molecule has 1 saturated carbocycles. The Labute approximate surface area is 63.2 Å². The van der Waals surface area contributed by atoms with Crippen molar-refractivity contribution in [2.24, 2.45) is 5.92 Å². The third kappa shape index (κ3) is 0.800. The molecule has 58 valence electrons. The molecule has 0 aromatic rings. The van der Waals surface area contributed by atoms with Crippen LogP contribution in [0.3, 0.4) is 0 Å². The fraction of sp³-hybridized carbons (Fsp3) is 1.00. The predicted octanol–water partition coefficient (Wildman–Crippen LogP) is 1.93. The minimum Gasteiger partial charge on any atom is -0.311 e. The lowest BCUT2D eigenvalue weighted by Crippen LogP contribution is -2.41. The smallest absolute Gasteiger partial charge is 0.0207 e. The van der Waals surface area contributed by atoms with E-state index in [9.17, 15) is 0 Å². The molecule has 1 aliphatic carbocycles. The summed E-state index contributed by atoms with van der Waals surface area (Å²) in [6.07, 6.45) is 7.19. The lowest BCUT2D eigenvalue weighted by Gasteiger charge is -2.28. The summed E-state index contributed by atoms with van der Waals surface area (Å²) in [5, 5.41) is 3.68. The van der Waals surface area contributed by atoms with E-state index in [1.165, 1.54) is 38.6 Å². The molecule has 2 atom stereocenters. The van der Waals surface area contributed by atoms with Crippen LogP contribution < -0.4 is 5.32 Å². The van der Waals surface area contributed by atoms with Crippen LogP contribution in [0.4, 0.5) is 0 Å². The van der Waals surface area contributed by atoms with Crippen molar-refractivity contribution in [2.45, 2.75) is 44.6 Å². The number of hydrogen-bond acceptors (Lipinski definition) is 1. The highest BCUT2D eigenvalue weighted by atomic mass is 15.0. The standard InChI is InChI=1S/C9H17N/c1-8-4-2-5-9(8)6-3-7-10-9/h8,10H,2-7H2,1H3. The molecule has 0 aromatic heterocycles. The molecule has 1 nitrogen and oxygen atoms in total. The van der Waals surface area contributed by atoms with Crippen molar-refractivity contribution >= 4 is 0 Å². The van der Waals surface area contributed by atoms with Gasteiger partial charge >= 0.3 is 0 Å². The lowest BCUT2D eigenvalue weighted by atomic mass is 9.87. The van der Waals surface area contributed by atoms with Gasteiger partial charge in [-0.05, 0) is 38.1 Å². The molecule has 0 amide bonds. The van der Waals surface area contributed by atoms with E-state index in [1.54, 1.807) is 0 Å². The van der Waals surface area contributed by atoms with Crippen molar-refractivity contribution in [2.75, 3.05) is 6.54 Å². The Kier molecular flexibility index (Phi) is 1.48. The maximum Gasteiger partial charge on any atom is 0.0207 e. The van der Waals surface area contributed by atoms with Crippen molar-refractivity contribution in [3.8, 4) is 0 Å². The average Bonchev–Trinajstić information content (AvgIpc) is 2.48. The van der Waals surface area contributed by atoms with E-state index < -0.39 is 0 Å². The molecular formula is C9H17N. The van der Waals surface area contributed by atoms with E-state index >= 15 is 0 Å². The Hall–Kier alpha value is -0.0400. The van der Waals surface area contributed by atoms with Crippen molar-refractivity contribution < 1.29 is 0 Å². The first-order chi connectivity index (χ1) is 4.83. The minimum atomic E-state index is 0.597. The second-order valence-corrected chi connectivity index (χ2v) is 3.98. The molecule has 0 bridgehead atoms. The molecule has 0 radical (unpaired) electrons. The Morgan fingerprint density at radius 1 is 1.30 bits per heavy atom. The number of hydrogen-bond donors (Lipinski definition) is 1. The van der Waals surface area contributed by atoms with Gasteiger partial charge in [0.2, 0.25) is 0 Å². The van der Waals surface area contributed by atoms with Gasteiger partial charge in [-0.15, -0.1) is 0 Å². The van der Waals surface area contributed by atoms with Crippen molar-refractivity contribution in [1.29, 1.82) is 0 Å². The Morgan fingerprint density at radius 2 is 2.10 bits per heavy atom. The van der Waals surface area contributed by atoms with Crippen molar-refractivity contribution in [1.82, 2.24) is 5.32 Å². The van der Waals surface area contributed by atoms with Crippen LogP contribution in [-0.2, 0) is 0 Å². The van der Waals surface area contributed by atoms with Gasteiger partial charge in [0.1, 0.15) is 0 Å². The quantitative estimate of drug-likeness (QED) is 0.540. The summed E-state index contributed by atoms with van der Waals surface area (Å²) in [6.45, 7) is 3.68. The SMILES string of the molecule is CC1CCCC12CCCN2. The second-order valence-electron chi connectivity index (χ2n) is 3.98. The van der Waals surface area contributed by atoms with Crippen molar-refractivity contribution in [3.63, 3.8) is 0 Å². The Balaban J connectivity index is 2.11. The van der Waals surface area contributed by atoms with Gasteiger partial charge in [-0.2, -0.15) is 0 Å². The third-order valence-electron chi connectivity index (χ3n) is 3.48. The number of nitrogens with one attached hydrogen (secondary N) is 1. The van der Waals surface area contributed by atoms with Crippen LogP contribution in [0.15, 0.2) is 0 Å². The minimum absolute atomic E-state index is 0.597. The molecule has 2 aliphatic rings. The van der Waals surface area contributed by atoms with Crippen LogP contribution in [0.1, 0.15) is 39.0 Å². The molecule has 1 saturated heterocycles. The van der Waals surface area contributed by atoms with Gasteiger partial charge in [0.05, 0.1) is 0 Å². The van der Waals surface area contributed by atoms with Crippen LogP contribution in [0.5, 0.6) is 0 Å². The predicted molar refractivity (Wildman–Crippen MR) is 43.0 cm³/mol. The van der Waals surface area contributed by atoms with Gasteiger partial charge in [0.15, 0.2) is 0 Å². The van der Waals surface area contributed by atoms with Gasteiger partial charge in [0.25, 0.3) is 0 Å². The van der Waals surface area contributed by atoms with Gasteiger partial charge in [-0.1, -0.05) is 13.3 Å². The molecule has 2 fully saturated rings. The fourth-order valence-electron chi connectivity index (χ4n) is 2.71. The zero-order chi connectivity index (χ0) is 7.03. The topological polar surface area (TPSA) is 12.0 Å². The van der Waals surface area contributed by atoms with E-state index in [-0.39, 0.29) is 0 Å². The molecule has 2 unspecified atom stereocenters. The van der Waals surface area contributed by atoms with Crippen LogP contribution in [-0.4, -0.2) is 12.1 Å². The zero-order valence-electron chi connectivity index (χ0n) is 6.82. The third-order valence-corrected chi connectivity index (χ3v) is 3.48. The van der Waals surface area contributed by atoms with Crippen LogP contribution in [0, 0.1) is 5.92 Å². The average molecular weight is 139 g/mol. The number of rotatable bonds is 0. The second kappa shape index (κ2) is 2.23. The largest absolute Gasteiger partial charge is 0.311 e. The summed E-state index contributed by atoms with van der Waals surface area (Å²) in [7, 11) is 0. The van der Waals surface area contributed by atoms with Gasteiger partial charge in [0, 0.05) is 5.54 Å². The summed E-state index contributed by atoms with van der Waals surface area (Å²) in [4.78, 5) is 0. The highest BCUT2D eigenvalue weighted by Gasteiger charge is 2.41. The zero-order valence-corrected chi connectivity index (χ0v) is 6.82. The molecule has 1 heteroatoms. The Morgan fingerprint density at radius 3 is 2.60 bits per heavy atom. The van der Waals surface area contributed by atoms with Crippen molar-refractivity contribution in [3.05, 3.63) is 0 Å². The summed E-state index contributed by atoms with van der Waals surface area (Å²) >= 11 is 0. The molecule has 0 aromatic carbocycles.